The van der Waals surface area contributed by atoms with Crippen LogP contribution < -0.4 is 0 Å². The highest BCUT2D eigenvalue weighted by Crippen LogP contribution is 2.53. The number of fused-ring (bicyclic) bond motifs is 8. The first-order valence-corrected chi connectivity index (χ1v) is 18.8. The van der Waals surface area contributed by atoms with Crippen LogP contribution in [0.4, 0.5) is 0 Å². The van der Waals surface area contributed by atoms with E-state index in [2.05, 4.69) is 201 Å². The van der Waals surface area contributed by atoms with E-state index in [1.807, 2.05) is 0 Å². The first-order valence-electron chi connectivity index (χ1n) is 18.8. The molecule has 1 aliphatic rings. The van der Waals surface area contributed by atoms with Gasteiger partial charge >= 0.3 is 0 Å². The Morgan fingerprint density at radius 1 is 0.426 bits per heavy atom. The van der Waals surface area contributed by atoms with Crippen molar-refractivity contribution < 1.29 is 0 Å². The highest BCUT2D eigenvalue weighted by atomic mass is 15.0. The fourth-order valence-corrected chi connectivity index (χ4v) is 9.12. The van der Waals surface area contributed by atoms with Crippen LogP contribution >= 0.6 is 0 Å². The van der Waals surface area contributed by atoms with E-state index >= 15 is 0 Å². The molecule has 0 atom stereocenters. The number of imidazole rings is 1. The summed E-state index contributed by atoms with van der Waals surface area (Å²) in [6.07, 6.45) is 4.23. The van der Waals surface area contributed by atoms with Crippen molar-refractivity contribution in [3.8, 4) is 55.8 Å². The van der Waals surface area contributed by atoms with Gasteiger partial charge in [-0.15, -0.1) is 0 Å². The van der Waals surface area contributed by atoms with E-state index in [0.717, 1.165) is 22.3 Å². The van der Waals surface area contributed by atoms with Gasteiger partial charge in [0.15, 0.2) is 0 Å². The number of pyridine rings is 1. The van der Waals surface area contributed by atoms with Crippen molar-refractivity contribution in [2.45, 2.75) is 19.3 Å². The van der Waals surface area contributed by atoms with Crippen LogP contribution in [0.1, 0.15) is 25.0 Å². The molecular weight excluding hydrogens is 653 g/mol. The van der Waals surface area contributed by atoms with Crippen molar-refractivity contribution in [1.82, 2.24) is 9.38 Å². The van der Waals surface area contributed by atoms with Gasteiger partial charge < -0.3 is 4.40 Å². The van der Waals surface area contributed by atoms with Crippen LogP contribution in [-0.4, -0.2) is 9.38 Å². The van der Waals surface area contributed by atoms with Crippen molar-refractivity contribution in [1.29, 1.82) is 0 Å². The van der Waals surface area contributed by atoms with Crippen LogP contribution in [-0.2, 0) is 5.41 Å². The van der Waals surface area contributed by atoms with E-state index in [1.54, 1.807) is 0 Å². The zero-order valence-electron chi connectivity index (χ0n) is 30.2. The van der Waals surface area contributed by atoms with Crippen molar-refractivity contribution >= 4 is 38.0 Å². The van der Waals surface area contributed by atoms with Crippen LogP contribution in [0.3, 0.4) is 0 Å². The molecule has 2 nitrogen and oxygen atoms in total. The molecular formula is C52H36N2. The lowest BCUT2D eigenvalue weighted by Crippen LogP contribution is -2.14. The molecule has 0 saturated carbocycles. The smallest absolute Gasteiger partial charge is 0.145 e. The second-order valence-electron chi connectivity index (χ2n) is 15.2. The topological polar surface area (TPSA) is 17.3 Å². The molecule has 0 aliphatic heterocycles. The molecule has 2 heterocycles. The number of hydrogen-bond donors (Lipinski definition) is 0. The van der Waals surface area contributed by atoms with Crippen LogP contribution in [0.25, 0.3) is 93.7 Å². The quantitative estimate of drug-likeness (QED) is 0.168. The predicted molar refractivity (Wildman–Crippen MR) is 227 cm³/mol. The molecule has 11 rings (SSSR count). The van der Waals surface area contributed by atoms with Gasteiger partial charge in [-0.1, -0.05) is 159 Å². The maximum atomic E-state index is 5.08. The van der Waals surface area contributed by atoms with E-state index < -0.39 is 0 Å². The molecule has 10 aromatic rings. The Bertz CT molecular complexity index is 3100. The molecule has 0 unspecified atom stereocenters. The number of aromatic nitrogens is 2. The van der Waals surface area contributed by atoms with E-state index in [4.69, 9.17) is 4.98 Å². The molecule has 0 saturated heterocycles. The zero-order valence-corrected chi connectivity index (χ0v) is 30.2. The second-order valence-corrected chi connectivity index (χ2v) is 15.2. The summed E-state index contributed by atoms with van der Waals surface area (Å²) in [6.45, 7) is 4.75. The molecule has 0 amide bonds. The first kappa shape index (κ1) is 30.8. The Kier molecular flexibility index (Phi) is 6.63. The van der Waals surface area contributed by atoms with Gasteiger partial charge in [-0.3, -0.25) is 0 Å². The fourth-order valence-electron chi connectivity index (χ4n) is 9.12. The summed E-state index contributed by atoms with van der Waals surface area (Å²) in [5.74, 6) is 0. The lowest BCUT2D eigenvalue weighted by molar-refractivity contribution is 0.661. The third kappa shape index (κ3) is 4.56. The molecule has 0 spiro atoms. The van der Waals surface area contributed by atoms with Gasteiger partial charge in [-0.25, -0.2) is 4.98 Å². The average Bonchev–Trinajstić information content (AvgIpc) is 3.76. The van der Waals surface area contributed by atoms with Gasteiger partial charge in [0.1, 0.15) is 5.65 Å². The Balaban J connectivity index is 1.14. The molecule has 0 bridgehead atoms. The fraction of sp³-hybridized carbons (Fsp3) is 0.0577. The maximum absolute atomic E-state index is 5.08. The summed E-state index contributed by atoms with van der Waals surface area (Å²) in [7, 11) is 0. The van der Waals surface area contributed by atoms with Crippen molar-refractivity contribution in [2.75, 3.05) is 0 Å². The zero-order chi connectivity index (χ0) is 36.0. The highest BCUT2D eigenvalue weighted by molar-refractivity contribution is 6.23. The average molecular weight is 689 g/mol. The van der Waals surface area contributed by atoms with Gasteiger partial charge in [-0.2, -0.15) is 0 Å². The minimum Gasteiger partial charge on any atom is -0.306 e. The predicted octanol–water partition coefficient (Wildman–Crippen LogP) is 13.8. The molecule has 2 aromatic heterocycles. The van der Waals surface area contributed by atoms with Crippen molar-refractivity contribution in [2.24, 2.45) is 0 Å². The molecule has 1 aliphatic carbocycles. The highest BCUT2D eigenvalue weighted by Gasteiger charge is 2.36. The third-order valence-electron chi connectivity index (χ3n) is 11.8. The molecule has 2 heteroatoms. The molecule has 8 aromatic carbocycles. The minimum atomic E-state index is -0.104. The van der Waals surface area contributed by atoms with Crippen molar-refractivity contribution in [3.05, 3.63) is 193 Å². The summed E-state index contributed by atoms with van der Waals surface area (Å²) in [4.78, 5) is 5.08. The van der Waals surface area contributed by atoms with Gasteiger partial charge in [0.05, 0.1) is 5.69 Å². The number of hydrogen-bond acceptors (Lipinski definition) is 1. The molecule has 0 radical (unpaired) electrons. The Hall–Kier alpha value is -6.77. The SMILES string of the molecule is CC1(C)c2ccccc2-c2cc3c(-c4ccccc4)c4ccc(-c5ccc(-c6cn7ccc8ccccc8c7n6)cc5)cc4c(-c4ccccc4)c3cc21. The van der Waals surface area contributed by atoms with Crippen LogP contribution in [0.5, 0.6) is 0 Å². The normalized spacial score (nSPS) is 13.1. The third-order valence-corrected chi connectivity index (χ3v) is 11.8. The summed E-state index contributed by atoms with van der Waals surface area (Å²) >= 11 is 0. The number of benzene rings is 8. The molecule has 254 valence electrons. The minimum absolute atomic E-state index is 0.104. The van der Waals surface area contributed by atoms with Gasteiger partial charge in [0, 0.05) is 28.8 Å². The van der Waals surface area contributed by atoms with Crippen LogP contribution in [0.2, 0.25) is 0 Å². The van der Waals surface area contributed by atoms with E-state index in [-0.39, 0.29) is 5.41 Å². The molecule has 54 heavy (non-hydrogen) atoms. The van der Waals surface area contributed by atoms with Crippen molar-refractivity contribution in [3.63, 3.8) is 0 Å². The van der Waals surface area contributed by atoms with Gasteiger partial charge in [0.25, 0.3) is 0 Å². The lowest BCUT2D eigenvalue weighted by Gasteiger charge is -2.24. The summed E-state index contributed by atoms with van der Waals surface area (Å²) in [5, 5.41) is 7.46. The second kappa shape index (κ2) is 11.6. The first-order chi connectivity index (χ1) is 26.5. The Labute approximate surface area is 314 Å². The van der Waals surface area contributed by atoms with E-state index in [0.29, 0.717) is 0 Å². The Morgan fingerprint density at radius 2 is 1.04 bits per heavy atom. The summed E-state index contributed by atoms with van der Waals surface area (Å²) < 4.78 is 2.13. The van der Waals surface area contributed by atoms with E-state index in [1.165, 1.54) is 82.6 Å². The maximum Gasteiger partial charge on any atom is 0.145 e. The lowest BCUT2D eigenvalue weighted by atomic mass is 9.79. The standard InChI is InChI=1S/C52H36N2/c1-52(2)46-20-12-11-19-40(46)42-30-44-45(31-47(42)52)50(37-16-7-4-8-17-37)43-29-38(25-26-41(43)49(44)36-14-5-3-6-15-36)33-21-23-35(24-22-33)48-32-54-28-27-34-13-9-10-18-39(34)51(54)53-48/h3-32H,1-2H3. The monoisotopic (exact) mass is 688 g/mol. The Morgan fingerprint density at radius 3 is 1.81 bits per heavy atom. The van der Waals surface area contributed by atoms with Crippen LogP contribution in [0.15, 0.2) is 182 Å². The number of rotatable bonds is 4. The van der Waals surface area contributed by atoms with Gasteiger partial charge in [0.2, 0.25) is 0 Å². The molecule has 0 N–H and O–H groups in total. The largest absolute Gasteiger partial charge is 0.306 e. The van der Waals surface area contributed by atoms with Crippen LogP contribution in [0, 0.1) is 0 Å². The van der Waals surface area contributed by atoms with E-state index in [9.17, 15) is 0 Å². The molecule has 0 fully saturated rings. The summed E-state index contributed by atoms with van der Waals surface area (Å²) in [5.41, 5.74) is 15.8. The summed E-state index contributed by atoms with van der Waals surface area (Å²) in [6, 6.07) is 62.4. The van der Waals surface area contributed by atoms with Gasteiger partial charge in [-0.05, 0) is 107 Å². The number of nitrogens with zero attached hydrogens (tertiary/aromatic N) is 2.